The van der Waals surface area contributed by atoms with E-state index in [1.807, 2.05) is 54.7 Å². The minimum atomic E-state index is -0.424. The van der Waals surface area contributed by atoms with E-state index in [1.165, 1.54) is 39.1 Å². The van der Waals surface area contributed by atoms with Crippen molar-refractivity contribution < 1.29 is 30.9 Å². The molecule has 3 aromatic heterocycles. The maximum atomic E-state index is 8.77. The SMILES string of the molecule is [2H]c1c([2H])c([2H])c(-c2ccc3c(c2)c2ccc(Oc4[c-]c(-n5[c](=[Pt])n(-c6c(-c7ccccc7)ccc7c6C6(CCc8ccccc86)CC7)c6ccccc65)ccc4)[c-]c2n3-c2cc(C(C)(C)C)ccn2)c([2H])c1[2H]. The van der Waals surface area contributed by atoms with E-state index >= 15 is 0 Å². The minimum absolute atomic E-state index is 0.0904. The van der Waals surface area contributed by atoms with Gasteiger partial charge in [0.05, 0.1) is 6.85 Å². The molecule has 11 aromatic rings. The van der Waals surface area contributed by atoms with Crippen LogP contribution in [-0.2, 0) is 43.0 Å². The fourth-order valence-electron chi connectivity index (χ4n) is 11.2. The van der Waals surface area contributed by atoms with Crippen molar-refractivity contribution in [2.45, 2.75) is 57.3 Å². The number of aryl methyl sites for hydroxylation is 2. The molecule has 1 unspecified atom stereocenters. The third-order valence-corrected chi connectivity index (χ3v) is 15.4. The van der Waals surface area contributed by atoms with Crippen LogP contribution in [0.25, 0.3) is 72.3 Å². The Hall–Kier alpha value is -7.33. The van der Waals surface area contributed by atoms with Gasteiger partial charge in [0.25, 0.3) is 0 Å². The van der Waals surface area contributed by atoms with Gasteiger partial charge in [-0.05, 0) is 28.2 Å². The molecule has 2 aliphatic carbocycles. The minimum Gasteiger partial charge on any atom is -0.0617 e. The van der Waals surface area contributed by atoms with Gasteiger partial charge in [-0.2, -0.15) is 0 Å². The zero-order valence-electron chi connectivity index (χ0n) is 43.4. The van der Waals surface area contributed by atoms with Crippen LogP contribution in [0.15, 0.2) is 188 Å². The first-order valence-electron chi connectivity index (χ1n) is 26.0. The molecule has 3 heterocycles. The Morgan fingerprint density at radius 2 is 1.38 bits per heavy atom. The number of benzene rings is 8. The van der Waals surface area contributed by atoms with Crippen LogP contribution in [0.1, 0.15) is 68.3 Å². The summed E-state index contributed by atoms with van der Waals surface area (Å²) in [6, 6.07) is 58.5. The molecular weight excluding hydrogens is 1020 g/mol. The van der Waals surface area contributed by atoms with Crippen LogP contribution >= 0.6 is 0 Å². The Bertz CT molecular complexity index is 4170. The number of fused-ring (bicyclic) bond motifs is 8. The molecule has 1 spiro atoms. The Kier molecular flexibility index (Phi) is 8.58. The molecule has 6 heteroatoms. The van der Waals surface area contributed by atoms with Gasteiger partial charge in [0.15, 0.2) is 0 Å². The second-order valence-corrected chi connectivity index (χ2v) is 20.3. The van der Waals surface area contributed by atoms with Crippen molar-refractivity contribution in [3.63, 3.8) is 0 Å². The predicted molar refractivity (Wildman–Crippen MR) is 276 cm³/mol. The molecule has 0 bridgehead atoms. The van der Waals surface area contributed by atoms with Crippen LogP contribution in [0.4, 0.5) is 0 Å². The van der Waals surface area contributed by atoms with Crippen LogP contribution in [0, 0.1) is 15.9 Å². The number of aromatic nitrogens is 4. The summed E-state index contributed by atoms with van der Waals surface area (Å²) in [6.07, 6.45) is 6.09. The van der Waals surface area contributed by atoms with E-state index in [-0.39, 0.29) is 40.6 Å². The standard InChI is InChI=1S/C63H48N4O.Pt/c1-62(2,3)47-33-36-64-59(38-47)67-55-30-26-46(42-15-6-4-7-16-42)37-53(55)52-29-27-50(40-58(52)67)68-49-21-14-20-48(39-49)65-41-66(57-24-13-12-23-56(57)65)61-51(43-17-8-5-9-18-43)28-25-45-32-35-63(60(45)61)34-31-44-19-10-11-22-54(44)63;/h4-30,33,36-38H,31-32,34-35H2,1-3H3;/q-2;/i4D,6D,7D,15D,16D;. The summed E-state index contributed by atoms with van der Waals surface area (Å²) in [6.45, 7) is 6.51. The van der Waals surface area contributed by atoms with E-state index in [0.29, 0.717) is 28.4 Å². The van der Waals surface area contributed by atoms with Crippen LogP contribution in [0.5, 0.6) is 11.5 Å². The summed E-state index contributed by atoms with van der Waals surface area (Å²) in [5.41, 5.74) is 15.4. The van der Waals surface area contributed by atoms with Crippen molar-refractivity contribution in [2.24, 2.45) is 0 Å². The Morgan fingerprint density at radius 1 is 0.623 bits per heavy atom. The second-order valence-electron chi connectivity index (χ2n) is 19.3. The smallest absolute Gasteiger partial charge is 0.0617 e. The molecule has 0 amide bonds. The molecule has 1 atom stereocenters. The predicted octanol–water partition coefficient (Wildman–Crippen LogP) is 15.2. The van der Waals surface area contributed by atoms with Crippen LogP contribution in [0.3, 0.4) is 0 Å². The van der Waals surface area contributed by atoms with Crippen molar-refractivity contribution in [3.05, 3.63) is 232 Å². The summed E-state index contributed by atoms with van der Waals surface area (Å²) in [4.78, 5) is 4.89. The van der Waals surface area contributed by atoms with Crippen LogP contribution in [0.2, 0.25) is 0 Å². The number of pyridine rings is 1. The zero-order valence-corrected chi connectivity index (χ0v) is 40.6. The van der Waals surface area contributed by atoms with Crippen molar-refractivity contribution in [1.29, 1.82) is 0 Å². The number of hydrogen-bond donors (Lipinski definition) is 0. The third kappa shape index (κ3) is 6.77. The van der Waals surface area contributed by atoms with Crippen molar-refractivity contribution in [1.82, 2.24) is 18.7 Å². The first-order chi connectivity index (χ1) is 35.8. The van der Waals surface area contributed by atoms with Gasteiger partial charge < -0.3 is 0 Å². The Labute approximate surface area is 420 Å². The Balaban J connectivity index is 0.957. The van der Waals surface area contributed by atoms with Gasteiger partial charge in [-0.3, -0.25) is 0 Å². The number of hydrogen-bond acceptors (Lipinski definition) is 2. The summed E-state index contributed by atoms with van der Waals surface area (Å²) in [7, 11) is 0. The number of nitrogens with zero attached hydrogens (tertiary/aromatic N) is 4. The van der Waals surface area contributed by atoms with E-state index < -0.39 is 6.04 Å². The molecule has 13 rings (SSSR count). The van der Waals surface area contributed by atoms with Gasteiger partial charge in [0.1, 0.15) is 0 Å². The van der Waals surface area contributed by atoms with Gasteiger partial charge in [0.2, 0.25) is 0 Å². The fourth-order valence-corrected chi connectivity index (χ4v) is 12.3. The number of imidazole rings is 1. The van der Waals surface area contributed by atoms with Gasteiger partial charge in [-0.1, -0.05) is 57.0 Å². The van der Waals surface area contributed by atoms with Crippen molar-refractivity contribution in [3.8, 4) is 50.9 Å². The van der Waals surface area contributed by atoms with Gasteiger partial charge in [-0.25, -0.2) is 0 Å². The fraction of sp³-hybridized carbons (Fsp3) is 0.143. The summed E-state index contributed by atoms with van der Waals surface area (Å²) < 4.78 is 57.1. The first-order valence-corrected chi connectivity index (χ1v) is 24.7. The number of rotatable bonds is 7. The molecule has 69 heavy (non-hydrogen) atoms. The summed E-state index contributed by atoms with van der Waals surface area (Å²) in [5.74, 6) is 1.69. The quantitative estimate of drug-likeness (QED) is 0.149. The molecule has 2 aliphatic rings. The van der Waals surface area contributed by atoms with E-state index in [2.05, 4.69) is 169 Å². The molecule has 0 saturated heterocycles. The molecule has 8 aromatic carbocycles. The molecule has 0 aliphatic heterocycles. The van der Waals surface area contributed by atoms with Gasteiger partial charge >= 0.3 is 324 Å². The zero-order chi connectivity index (χ0) is 50.8. The molecule has 338 valence electrons. The van der Waals surface area contributed by atoms with Gasteiger partial charge in [0, 0.05) is 6.20 Å². The average Bonchev–Trinajstić information content (AvgIpc) is 4.17. The van der Waals surface area contributed by atoms with Crippen molar-refractivity contribution >= 4 is 32.8 Å². The van der Waals surface area contributed by atoms with E-state index in [0.717, 1.165) is 68.1 Å². The molecule has 0 fully saturated rings. The molecule has 0 saturated carbocycles. The van der Waals surface area contributed by atoms with Crippen LogP contribution < -0.4 is 4.74 Å². The van der Waals surface area contributed by atoms with E-state index in [9.17, 15) is 0 Å². The molecule has 0 N–H and O–H groups in total. The maximum absolute atomic E-state index is 8.77. The molecular formula is C63H48N4OPt-2. The number of para-hydroxylation sites is 2. The summed E-state index contributed by atoms with van der Waals surface area (Å²) in [5, 5.41) is 1.65. The number of ether oxygens (including phenoxy) is 1. The second kappa shape index (κ2) is 16.1. The molecule has 0 radical (unpaired) electrons. The van der Waals surface area contributed by atoms with E-state index in [4.69, 9.17) is 16.6 Å². The monoisotopic (exact) mass is 1080 g/mol. The third-order valence-electron chi connectivity index (χ3n) is 14.4. The first kappa shape index (κ1) is 36.7. The normalized spacial score (nSPS) is 16.4. The van der Waals surface area contributed by atoms with Gasteiger partial charge in [-0.15, -0.1) is 0 Å². The molecule has 5 nitrogen and oxygen atoms in total. The Morgan fingerprint density at radius 3 is 2.20 bits per heavy atom. The summed E-state index contributed by atoms with van der Waals surface area (Å²) >= 11 is 2.51. The van der Waals surface area contributed by atoms with Crippen molar-refractivity contribution in [2.75, 3.05) is 0 Å². The van der Waals surface area contributed by atoms with E-state index in [1.54, 1.807) is 0 Å². The average molecular weight is 1080 g/mol. The topological polar surface area (TPSA) is 36.9 Å². The van der Waals surface area contributed by atoms with Crippen LogP contribution in [-0.4, -0.2) is 18.7 Å².